The van der Waals surface area contributed by atoms with E-state index < -0.39 is 11.9 Å². The van der Waals surface area contributed by atoms with Crippen molar-refractivity contribution >= 4 is 5.91 Å². The molecule has 0 heterocycles. The number of amides is 1. The van der Waals surface area contributed by atoms with Crippen LogP contribution < -0.4 is 11.1 Å². The molecule has 0 aliphatic heterocycles. The summed E-state index contributed by atoms with van der Waals surface area (Å²) in [6.07, 6.45) is 0.793. The van der Waals surface area contributed by atoms with Gasteiger partial charge in [0.2, 0.25) is 5.91 Å². The van der Waals surface area contributed by atoms with Crippen molar-refractivity contribution in [3.05, 3.63) is 35.6 Å². The Labute approximate surface area is 124 Å². The van der Waals surface area contributed by atoms with Gasteiger partial charge < -0.3 is 10.5 Å². The van der Waals surface area contributed by atoms with Crippen LogP contribution in [0, 0.1) is 11.2 Å². The average molecular weight is 294 g/mol. The van der Waals surface area contributed by atoms with Gasteiger partial charge in [-0.15, -0.1) is 0 Å². The van der Waals surface area contributed by atoms with Crippen molar-refractivity contribution in [3.63, 3.8) is 0 Å². The van der Waals surface area contributed by atoms with Gasteiger partial charge in [-0.1, -0.05) is 26.0 Å². The van der Waals surface area contributed by atoms with Crippen LogP contribution in [0.4, 0.5) is 4.39 Å². The third kappa shape index (κ3) is 2.68. The Morgan fingerprint density at radius 3 is 2.38 bits per heavy atom. The highest BCUT2D eigenvalue weighted by Gasteiger charge is 2.58. The van der Waals surface area contributed by atoms with Crippen molar-refractivity contribution in [1.82, 2.24) is 5.32 Å². The molecule has 0 aromatic heterocycles. The summed E-state index contributed by atoms with van der Waals surface area (Å²) in [5.74, 6) is -0.804. The fourth-order valence-corrected chi connectivity index (χ4v) is 2.96. The predicted molar refractivity (Wildman–Crippen MR) is 79.1 cm³/mol. The minimum absolute atomic E-state index is 0.102. The predicted octanol–water partition coefficient (Wildman–Crippen LogP) is 2.15. The Morgan fingerprint density at radius 2 is 1.95 bits per heavy atom. The number of benzene rings is 1. The van der Waals surface area contributed by atoms with Gasteiger partial charge in [0, 0.05) is 18.6 Å². The zero-order valence-electron chi connectivity index (χ0n) is 12.9. The standard InChI is InChI=1S/C16H23FN2O2/c1-15(2)12(9-16(15,3)21-4)19-13(14(18)20)10-5-7-11(17)8-6-10/h5-8,12-13,19H,9H2,1-4H3,(H2,18,20)/t12-,13+,16-/m1/s1. The molecule has 0 unspecified atom stereocenters. The molecule has 4 nitrogen and oxygen atoms in total. The minimum atomic E-state index is -0.628. The van der Waals surface area contributed by atoms with E-state index in [1.165, 1.54) is 12.1 Å². The van der Waals surface area contributed by atoms with E-state index in [1.807, 2.05) is 0 Å². The van der Waals surface area contributed by atoms with E-state index in [0.29, 0.717) is 5.56 Å². The van der Waals surface area contributed by atoms with Gasteiger partial charge in [0.15, 0.2) is 0 Å². The van der Waals surface area contributed by atoms with Crippen LogP contribution in [0.2, 0.25) is 0 Å². The molecule has 1 aliphatic rings. The summed E-state index contributed by atoms with van der Waals surface area (Å²) in [6.45, 7) is 6.25. The van der Waals surface area contributed by atoms with Crippen molar-refractivity contribution in [2.75, 3.05) is 7.11 Å². The molecule has 0 spiro atoms. The van der Waals surface area contributed by atoms with Crippen LogP contribution in [0.1, 0.15) is 38.8 Å². The molecule has 21 heavy (non-hydrogen) atoms. The van der Waals surface area contributed by atoms with E-state index in [2.05, 4.69) is 26.1 Å². The summed E-state index contributed by atoms with van der Waals surface area (Å²) in [5, 5.41) is 3.29. The van der Waals surface area contributed by atoms with Gasteiger partial charge in [-0.2, -0.15) is 0 Å². The lowest BCUT2D eigenvalue weighted by atomic mass is 9.55. The minimum Gasteiger partial charge on any atom is -0.378 e. The second-order valence-corrected chi connectivity index (χ2v) is 6.47. The second kappa shape index (κ2) is 5.39. The van der Waals surface area contributed by atoms with Gasteiger partial charge in [0.1, 0.15) is 11.9 Å². The number of halogens is 1. The third-order valence-corrected chi connectivity index (χ3v) is 5.13. The van der Waals surface area contributed by atoms with Gasteiger partial charge in [-0.05, 0) is 31.0 Å². The number of hydrogen-bond donors (Lipinski definition) is 2. The molecule has 1 aromatic carbocycles. The zero-order chi connectivity index (χ0) is 15.8. The van der Waals surface area contributed by atoms with Crippen LogP contribution in [0.15, 0.2) is 24.3 Å². The fraction of sp³-hybridized carbons (Fsp3) is 0.562. The Morgan fingerprint density at radius 1 is 1.38 bits per heavy atom. The van der Waals surface area contributed by atoms with Crippen molar-refractivity contribution in [2.45, 2.75) is 44.9 Å². The number of rotatable bonds is 5. The number of ether oxygens (including phenoxy) is 1. The number of hydrogen-bond acceptors (Lipinski definition) is 3. The van der Waals surface area contributed by atoms with E-state index >= 15 is 0 Å². The van der Waals surface area contributed by atoms with Crippen LogP contribution in [0.25, 0.3) is 0 Å². The molecule has 3 N–H and O–H groups in total. The van der Waals surface area contributed by atoms with Gasteiger partial charge in [-0.25, -0.2) is 4.39 Å². The molecule has 0 bridgehead atoms. The van der Waals surface area contributed by atoms with Gasteiger partial charge in [0.25, 0.3) is 0 Å². The maximum absolute atomic E-state index is 13.0. The van der Waals surface area contributed by atoms with E-state index in [1.54, 1.807) is 19.2 Å². The summed E-state index contributed by atoms with van der Waals surface area (Å²) in [6, 6.07) is 5.30. The smallest absolute Gasteiger partial charge is 0.239 e. The number of primary amides is 1. The van der Waals surface area contributed by atoms with Gasteiger partial charge in [0.05, 0.1) is 5.60 Å². The first-order chi connectivity index (χ1) is 9.71. The Balaban J connectivity index is 2.16. The molecular formula is C16H23FN2O2. The number of carbonyl (C=O) groups excluding carboxylic acids is 1. The monoisotopic (exact) mass is 294 g/mol. The van der Waals surface area contributed by atoms with Crippen molar-refractivity contribution in [1.29, 1.82) is 0 Å². The van der Waals surface area contributed by atoms with Crippen LogP contribution >= 0.6 is 0 Å². The maximum atomic E-state index is 13.0. The quantitative estimate of drug-likeness (QED) is 0.874. The first-order valence-corrected chi connectivity index (χ1v) is 7.07. The first kappa shape index (κ1) is 15.9. The van der Waals surface area contributed by atoms with E-state index in [-0.39, 0.29) is 22.9 Å². The number of nitrogens with one attached hydrogen (secondary N) is 1. The molecule has 2 rings (SSSR count). The second-order valence-electron chi connectivity index (χ2n) is 6.47. The molecule has 0 saturated heterocycles. The largest absolute Gasteiger partial charge is 0.378 e. The highest BCUT2D eigenvalue weighted by molar-refractivity contribution is 5.81. The number of nitrogens with two attached hydrogens (primary N) is 1. The SMILES string of the molecule is CO[C@]1(C)C[C@@H](N[C@H](C(N)=O)c2ccc(F)cc2)C1(C)C. The lowest BCUT2D eigenvalue weighted by Gasteiger charge is -2.59. The molecular weight excluding hydrogens is 271 g/mol. The highest BCUT2D eigenvalue weighted by Crippen LogP contribution is 2.52. The summed E-state index contributed by atoms with van der Waals surface area (Å²) in [7, 11) is 1.70. The maximum Gasteiger partial charge on any atom is 0.239 e. The summed E-state index contributed by atoms with van der Waals surface area (Å²) >= 11 is 0. The van der Waals surface area contributed by atoms with E-state index in [9.17, 15) is 9.18 Å². The lowest BCUT2D eigenvalue weighted by molar-refractivity contribution is -0.183. The Bertz CT molecular complexity index is 530. The summed E-state index contributed by atoms with van der Waals surface area (Å²) < 4.78 is 18.6. The third-order valence-electron chi connectivity index (χ3n) is 5.13. The normalized spacial score (nSPS) is 28.7. The van der Waals surface area contributed by atoms with Crippen LogP contribution in [-0.4, -0.2) is 24.7 Å². The van der Waals surface area contributed by atoms with E-state index in [4.69, 9.17) is 10.5 Å². The molecule has 1 fully saturated rings. The molecule has 5 heteroatoms. The van der Waals surface area contributed by atoms with Crippen LogP contribution in [-0.2, 0) is 9.53 Å². The average Bonchev–Trinajstić information content (AvgIpc) is 2.43. The topological polar surface area (TPSA) is 64.3 Å². The lowest BCUT2D eigenvalue weighted by Crippen LogP contribution is -2.68. The fourth-order valence-electron chi connectivity index (χ4n) is 2.96. The molecule has 1 saturated carbocycles. The van der Waals surface area contributed by atoms with Gasteiger partial charge >= 0.3 is 0 Å². The summed E-state index contributed by atoms with van der Waals surface area (Å²) in [5.41, 5.74) is 5.81. The van der Waals surface area contributed by atoms with Crippen LogP contribution in [0.5, 0.6) is 0 Å². The van der Waals surface area contributed by atoms with Crippen molar-refractivity contribution in [2.24, 2.45) is 11.1 Å². The molecule has 1 amide bonds. The van der Waals surface area contributed by atoms with Crippen molar-refractivity contribution in [3.8, 4) is 0 Å². The highest BCUT2D eigenvalue weighted by atomic mass is 19.1. The molecule has 1 aromatic rings. The number of carbonyl (C=O) groups is 1. The summed E-state index contributed by atoms with van der Waals surface area (Å²) in [4.78, 5) is 11.7. The van der Waals surface area contributed by atoms with Gasteiger partial charge in [-0.3, -0.25) is 10.1 Å². The first-order valence-electron chi connectivity index (χ1n) is 7.07. The Hall–Kier alpha value is -1.46. The molecule has 116 valence electrons. The molecule has 3 atom stereocenters. The van der Waals surface area contributed by atoms with Crippen molar-refractivity contribution < 1.29 is 13.9 Å². The molecule has 1 aliphatic carbocycles. The Kier molecular flexibility index (Phi) is 4.08. The zero-order valence-corrected chi connectivity index (χ0v) is 12.9. The number of methoxy groups -OCH3 is 1. The molecule has 0 radical (unpaired) electrons. The van der Waals surface area contributed by atoms with Crippen LogP contribution in [0.3, 0.4) is 0 Å². The van der Waals surface area contributed by atoms with E-state index in [0.717, 1.165) is 6.42 Å².